The molecule has 6 nitrogen and oxygen atoms in total. The molecular weight excluding hydrogens is 458 g/mol. The predicted octanol–water partition coefficient (Wildman–Crippen LogP) is 7.26. The van der Waals surface area contributed by atoms with E-state index >= 15 is 0 Å². The summed E-state index contributed by atoms with van der Waals surface area (Å²) in [5.74, 6) is 0.826. The third-order valence-corrected chi connectivity index (χ3v) is 6.62. The SMILES string of the molecule is Cc1ncc(C#N)c(Nc2ccc3[nH]ccc3c2C)c1-c1ccc(OCCCCc2ccccn2)cc1. The number of aryl methyl sites for hydroxylation is 3. The molecule has 0 bridgehead atoms. The summed E-state index contributed by atoms with van der Waals surface area (Å²) in [6.45, 7) is 4.71. The van der Waals surface area contributed by atoms with E-state index in [1.807, 2.05) is 67.8 Å². The summed E-state index contributed by atoms with van der Waals surface area (Å²) >= 11 is 0. The predicted molar refractivity (Wildman–Crippen MR) is 148 cm³/mol. The van der Waals surface area contributed by atoms with Gasteiger partial charge in [-0.1, -0.05) is 18.2 Å². The van der Waals surface area contributed by atoms with Gasteiger partial charge in [-0.15, -0.1) is 0 Å². The molecule has 0 amide bonds. The minimum Gasteiger partial charge on any atom is -0.494 e. The molecule has 37 heavy (non-hydrogen) atoms. The van der Waals surface area contributed by atoms with Crippen molar-refractivity contribution in [1.29, 1.82) is 5.26 Å². The Hall–Kier alpha value is -4.63. The fourth-order valence-electron chi connectivity index (χ4n) is 4.59. The van der Waals surface area contributed by atoms with Gasteiger partial charge in [0.25, 0.3) is 0 Å². The molecule has 0 saturated heterocycles. The molecule has 0 atom stereocenters. The molecule has 0 saturated carbocycles. The Morgan fingerprint density at radius 3 is 2.62 bits per heavy atom. The van der Waals surface area contributed by atoms with Crippen LogP contribution in [-0.4, -0.2) is 21.6 Å². The van der Waals surface area contributed by atoms with Crippen molar-refractivity contribution < 1.29 is 4.74 Å². The second kappa shape index (κ2) is 11.0. The molecule has 5 rings (SSSR count). The number of H-pyrrole nitrogens is 1. The molecule has 2 aromatic carbocycles. The zero-order chi connectivity index (χ0) is 25.6. The fraction of sp³-hybridized carbons (Fsp3) is 0.194. The van der Waals surface area contributed by atoms with Crippen molar-refractivity contribution in [2.24, 2.45) is 0 Å². The molecule has 0 spiro atoms. The van der Waals surface area contributed by atoms with Crippen molar-refractivity contribution in [2.45, 2.75) is 33.1 Å². The molecule has 0 aliphatic rings. The number of pyridine rings is 2. The molecule has 6 heteroatoms. The van der Waals surface area contributed by atoms with Gasteiger partial charge in [0.1, 0.15) is 11.8 Å². The van der Waals surface area contributed by atoms with Gasteiger partial charge < -0.3 is 15.0 Å². The number of aromatic amines is 1. The first-order valence-corrected chi connectivity index (χ1v) is 12.5. The van der Waals surface area contributed by atoms with Crippen LogP contribution in [0, 0.1) is 25.2 Å². The number of hydrogen-bond donors (Lipinski definition) is 2. The molecule has 0 aliphatic carbocycles. The Balaban J connectivity index is 1.33. The smallest absolute Gasteiger partial charge is 0.119 e. The van der Waals surface area contributed by atoms with E-state index < -0.39 is 0 Å². The minimum absolute atomic E-state index is 0.502. The zero-order valence-corrected chi connectivity index (χ0v) is 21.1. The number of anilines is 2. The Kier molecular flexibility index (Phi) is 7.14. The second-order valence-electron chi connectivity index (χ2n) is 9.07. The quantitative estimate of drug-likeness (QED) is 0.214. The van der Waals surface area contributed by atoms with E-state index in [0.29, 0.717) is 12.2 Å². The van der Waals surface area contributed by atoms with E-state index in [-0.39, 0.29) is 0 Å². The highest BCUT2D eigenvalue weighted by atomic mass is 16.5. The lowest BCUT2D eigenvalue weighted by molar-refractivity contribution is 0.307. The average Bonchev–Trinajstić information content (AvgIpc) is 3.41. The number of fused-ring (bicyclic) bond motifs is 1. The summed E-state index contributed by atoms with van der Waals surface area (Å²) in [5.41, 5.74) is 8.28. The lowest BCUT2D eigenvalue weighted by Gasteiger charge is -2.18. The molecule has 2 N–H and O–H groups in total. The van der Waals surface area contributed by atoms with Gasteiger partial charge in [0.05, 0.1) is 17.9 Å². The van der Waals surface area contributed by atoms with Crippen molar-refractivity contribution >= 4 is 22.3 Å². The number of hydrogen-bond acceptors (Lipinski definition) is 5. The third-order valence-electron chi connectivity index (χ3n) is 6.62. The van der Waals surface area contributed by atoms with Gasteiger partial charge in [0.15, 0.2) is 0 Å². The van der Waals surface area contributed by atoms with Crippen LogP contribution in [-0.2, 0) is 6.42 Å². The second-order valence-corrected chi connectivity index (χ2v) is 9.07. The summed E-state index contributed by atoms with van der Waals surface area (Å²) in [5, 5.41) is 14.6. The van der Waals surface area contributed by atoms with Gasteiger partial charge in [-0.3, -0.25) is 9.97 Å². The highest BCUT2D eigenvalue weighted by molar-refractivity contribution is 5.92. The molecule has 0 radical (unpaired) electrons. The van der Waals surface area contributed by atoms with Crippen LogP contribution >= 0.6 is 0 Å². The largest absolute Gasteiger partial charge is 0.494 e. The van der Waals surface area contributed by atoms with Crippen LogP contribution in [0.5, 0.6) is 5.75 Å². The van der Waals surface area contributed by atoms with E-state index in [1.165, 1.54) is 0 Å². The average molecular weight is 488 g/mol. The van der Waals surface area contributed by atoms with Crippen molar-refractivity contribution in [2.75, 3.05) is 11.9 Å². The normalized spacial score (nSPS) is 10.8. The highest BCUT2D eigenvalue weighted by Gasteiger charge is 2.16. The van der Waals surface area contributed by atoms with Gasteiger partial charge in [-0.2, -0.15) is 5.26 Å². The molecule has 184 valence electrons. The number of aromatic nitrogens is 3. The Morgan fingerprint density at radius 2 is 1.84 bits per heavy atom. The van der Waals surface area contributed by atoms with Crippen molar-refractivity contribution in [3.63, 3.8) is 0 Å². The van der Waals surface area contributed by atoms with Crippen molar-refractivity contribution in [1.82, 2.24) is 15.0 Å². The van der Waals surface area contributed by atoms with Crippen LogP contribution < -0.4 is 10.1 Å². The maximum Gasteiger partial charge on any atom is 0.119 e. The number of rotatable bonds is 9. The summed E-state index contributed by atoms with van der Waals surface area (Å²) in [6, 6.07) is 22.5. The lowest BCUT2D eigenvalue weighted by atomic mass is 9.99. The minimum atomic E-state index is 0.502. The van der Waals surface area contributed by atoms with E-state index in [0.717, 1.165) is 75.4 Å². The monoisotopic (exact) mass is 487 g/mol. The zero-order valence-electron chi connectivity index (χ0n) is 21.1. The number of benzene rings is 2. The molecule has 3 heterocycles. The number of ether oxygens (including phenoxy) is 1. The van der Waals surface area contributed by atoms with Crippen LogP contribution in [0.3, 0.4) is 0 Å². The van der Waals surface area contributed by atoms with Crippen molar-refractivity contribution in [3.05, 3.63) is 102 Å². The van der Waals surface area contributed by atoms with E-state index in [1.54, 1.807) is 6.20 Å². The molecular formula is C31H29N5O. The molecule has 0 aliphatic heterocycles. The number of unbranched alkanes of at least 4 members (excludes halogenated alkanes) is 1. The fourth-order valence-corrected chi connectivity index (χ4v) is 4.59. The van der Waals surface area contributed by atoms with E-state index in [4.69, 9.17) is 4.74 Å². The summed E-state index contributed by atoms with van der Waals surface area (Å²) in [6.07, 6.45) is 8.35. The summed E-state index contributed by atoms with van der Waals surface area (Å²) < 4.78 is 5.98. The molecule has 5 aromatic rings. The van der Waals surface area contributed by atoms with Gasteiger partial charge in [-0.25, -0.2) is 0 Å². The van der Waals surface area contributed by atoms with Crippen LogP contribution in [0.15, 0.2) is 79.3 Å². The Labute approximate surface area is 217 Å². The first kappa shape index (κ1) is 24.1. The molecule has 0 fully saturated rings. The van der Waals surface area contributed by atoms with E-state index in [2.05, 4.69) is 45.4 Å². The third kappa shape index (κ3) is 5.31. The van der Waals surface area contributed by atoms with Crippen LogP contribution in [0.25, 0.3) is 22.0 Å². The first-order valence-electron chi connectivity index (χ1n) is 12.5. The maximum atomic E-state index is 9.87. The molecule has 3 aromatic heterocycles. The van der Waals surface area contributed by atoms with Crippen LogP contribution in [0.1, 0.15) is 35.4 Å². The van der Waals surface area contributed by atoms with E-state index in [9.17, 15) is 5.26 Å². The Bertz CT molecular complexity index is 1550. The highest BCUT2D eigenvalue weighted by Crippen LogP contribution is 2.37. The van der Waals surface area contributed by atoms with Gasteiger partial charge >= 0.3 is 0 Å². The lowest BCUT2D eigenvalue weighted by Crippen LogP contribution is -2.02. The van der Waals surface area contributed by atoms with Gasteiger partial charge in [0, 0.05) is 52.1 Å². The standard InChI is InChI=1S/C31H29N5O/c1-21-27-15-17-34-29(27)14-13-28(21)36-31-24(19-32)20-35-22(2)30(31)23-9-11-26(12-10-23)37-18-6-4-8-25-7-3-5-16-33-25/h3,5,7,9-17,20,34H,4,6,8,18H2,1-2H3,(H,35,36). The number of nitrogens with zero attached hydrogens (tertiary/aromatic N) is 3. The maximum absolute atomic E-state index is 9.87. The first-order chi connectivity index (χ1) is 18.1. The topological polar surface area (TPSA) is 86.6 Å². The number of nitriles is 1. The van der Waals surface area contributed by atoms with Gasteiger partial charge in [0.2, 0.25) is 0 Å². The number of nitrogens with one attached hydrogen (secondary N) is 2. The van der Waals surface area contributed by atoms with Crippen molar-refractivity contribution in [3.8, 4) is 22.9 Å². The summed E-state index contributed by atoms with van der Waals surface area (Å²) in [4.78, 5) is 12.1. The Morgan fingerprint density at radius 1 is 0.973 bits per heavy atom. The van der Waals surface area contributed by atoms with Crippen LogP contribution in [0.4, 0.5) is 11.4 Å². The van der Waals surface area contributed by atoms with Gasteiger partial charge in [-0.05, 0) is 86.7 Å². The van der Waals surface area contributed by atoms with Crippen LogP contribution in [0.2, 0.25) is 0 Å². The molecule has 0 unspecified atom stereocenters. The summed E-state index contributed by atoms with van der Waals surface area (Å²) in [7, 11) is 0.